The fraction of sp³-hybridized carbons (Fsp3) is 0. The van der Waals surface area contributed by atoms with Crippen molar-refractivity contribution >= 4 is 34.0 Å². The molecule has 3 rings (SSSR count). The minimum absolute atomic E-state index is 0.205. The molecule has 26 heavy (non-hydrogen) atoms. The van der Waals surface area contributed by atoms with Gasteiger partial charge < -0.3 is 9.52 Å². The smallest absolute Gasteiger partial charge is 0.335 e. The quantitative estimate of drug-likeness (QED) is 0.485. The predicted octanol–water partition coefficient (Wildman–Crippen LogP) is 4.17. The lowest BCUT2D eigenvalue weighted by molar-refractivity contribution is 0.0696. The number of nitrogens with one attached hydrogen (secondary N) is 1. The van der Waals surface area contributed by atoms with Crippen LogP contribution in [-0.4, -0.2) is 23.2 Å². The molecule has 0 bridgehead atoms. The highest BCUT2D eigenvalue weighted by Gasteiger charge is 2.08. The van der Waals surface area contributed by atoms with E-state index in [1.165, 1.54) is 18.3 Å². The monoisotopic (exact) mass is 412 g/mol. The molecule has 0 atom stereocenters. The van der Waals surface area contributed by atoms with Crippen molar-refractivity contribution in [1.82, 2.24) is 5.43 Å². The maximum absolute atomic E-state index is 12.0. The van der Waals surface area contributed by atoms with E-state index in [-0.39, 0.29) is 11.5 Å². The molecule has 1 aromatic heterocycles. The zero-order valence-electron chi connectivity index (χ0n) is 13.3. The molecule has 130 valence electrons. The average molecular weight is 413 g/mol. The molecular weight excluding hydrogens is 400 g/mol. The Balaban J connectivity index is 1.66. The first-order chi connectivity index (χ1) is 12.5. The molecule has 0 radical (unpaired) electrons. The Morgan fingerprint density at radius 3 is 2.46 bits per heavy atom. The van der Waals surface area contributed by atoms with Crippen molar-refractivity contribution in [2.24, 2.45) is 5.10 Å². The number of carbonyl (C=O) groups is 2. The Kier molecular flexibility index (Phi) is 5.28. The van der Waals surface area contributed by atoms with Crippen molar-refractivity contribution in [3.63, 3.8) is 0 Å². The number of carboxylic acids is 1. The van der Waals surface area contributed by atoms with Gasteiger partial charge in [-0.1, -0.05) is 24.3 Å². The zero-order chi connectivity index (χ0) is 18.5. The Morgan fingerprint density at radius 2 is 1.77 bits per heavy atom. The topological polar surface area (TPSA) is 91.9 Å². The summed E-state index contributed by atoms with van der Waals surface area (Å²) in [5.74, 6) is -0.301. The fourth-order valence-electron chi connectivity index (χ4n) is 2.21. The second-order valence-corrected chi connectivity index (χ2v) is 6.12. The number of rotatable bonds is 5. The maximum atomic E-state index is 12.0. The van der Waals surface area contributed by atoms with Crippen LogP contribution in [0.25, 0.3) is 11.3 Å². The highest BCUT2D eigenvalue weighted by atomic mass is 79.9. The van der Waals surface area contributed by atoms with Gasteiger partial charge in [-0.05, 0) is 52.3 Å². The van der Waals surface area contributed by atoms with Crippen molar-refractivity contribution in [1.29, 1.82) is 0 Å². The van der Waals surface area contributed by atoms with Gasteiger partial charge in [-0.15, -0.1) is 0 Å². The van der Waals surface area contributed by atoms with E-state index in [1.807, 2.05) is 6.07 Å². The summed E-state index contributed by atoms with van der Waals surface area (Å²) < 4.78 is 6.30. The van der Waals surface area contributed by atoms with E-state index in [9.17, 15) is 9.59 Å². The third-order valence-electron chi connectivity index (χ3n) is 3.52. The summed E-state index contributed by atoms with van der Waals surface area (Å²) in [6.45, 7) is 0. The normalized spacial score (nSPS) is 10.8. The minimum atomic E-state index is -0.982. The molecule has 2 N–H and O–H groups in total. The Bertz CT molecular complexity index is 977. The van der Waals surface area contributed by atoms with E-state index in [4.69, 9.17) is 9.52 Å². The van der Waals surface area contributed by atoms with Gasteiger partial charge in [-0.25, -0.2) is 10.2 Å². The zero-order valence-corrected chi connectivity index (χ0v) is 14.9. The SMILES string of the molecule is O=C(O)c1ccc(-c2ccc(/C=N\NC(=O)c3ccccc3Br)o2)cc1. The standard InChI is InChI=1S/C19H13BrN2O4/c20-16-4-2-1-3-15(16)18(23)22-21-11-14-9-10-17(26-14)12-5-7-13(8-6-12)19(24)25/h1-11H,(H,22,23)(H,24,25)/b21-11-. The van der Waals surface area contributed by atoms with E-state index in [2.05, 4.69) is 26.5 Å². The highest BCUT2D eigenvalue weighted by Crippen LogP contribution is 2.22. The number of hydrazone groups is 1. The number of amides is 1. The summed E-state index contributed by atoms with van der Waals surface area (Å²) in [5.41, 5.74) is 3.86. The van der Waals surface area contributed by atoms with E-state index in [0.29, 0.717) is 21.6 Å². The third-order valence-corrected chi connectivity index (χ3v) is 4.21. The van der Waals surface area contributed by atoms with Gasteiger partial charge in [0.2, 0.25) is 0 Å². The van der Waals surface area contributed by atoms with Crippen LogP contribution in [0.5, 0.6) is 0 Å². The Hall–Kier alpha value is -3.19. The molecule has 0 aliphatic rings. The molecule has 0 unspecified atom stereocenters. The van der Waals surface area contributed by atoms with Crippen LogP contribution >= 0.6 is 15.9 Å². The molecule has 3 aromatic rings. The third kappa shape index (κ3) is 4.07. The molecule has 1 amide bonds. The molecule has 0 aliphatic heterocycles. The number of halogens is 1. The van der Waals surface area contributed by atoms with Crippen LogP contribution in [0.3, 0.4) is 0 Å². The highest BCUT2D eigenvalue weighted by molar-refractivity contribution is 9.10. The van der Waals surface area contributed by atoms with Crippen LogP contribution < -0.4 is 5.43 Å². The van der Waals surface area contributed by atoms with Crippen LogP contribution in [0, 0.1) is 0 Å². The summed E-state index contributed by atoms with van der Waals surface area (Å²) in [6, 6.07) is 16.8. The minimum Gasteiger partial charge on any atom is -0.478 e. The summed E-state index contributed by atoms with van der Waals surface area (Å²) in [6.07, 6.45) is 1.39. The number of hydrogen-bond donors (Lipinski definition) is 2. The van der Waals surface area contributed by atoms with Crippen LogP contribution in [0.2, 0.25) is 0 Å². The van der Waals surface area contributed by atoms with Gasteiger partial charge in [0.15, 0.2) is 0 Å². The van der Waals surface area contributed by atoms with Gasteiger partial charge in [0.05, 0.1) is 17.3 Å². The van der Waals surface area contributed by atoms with Gasteiger partial charge >= 0.3 is 5.97 Å². The molecular formula is C19H13BrN2O4. The first-order valence-corrected chi connectivity index (χ1v) is 8.35. The van der Waals surface area contributed by atoms with Crippen LogP contribution in [0.1, 0.15) is 26.5 Å². The van der Waals surface area contributed by atoms with Crippen molar-refractivity contribution in [2.75, 3.05) is 0 Å². The lowest BCUT2D eigenvalue weighted by atomic mass is 10.1. The molecule has 6 nitrogen and oxygen atoms in total. The molecule has 7 heteroatoms. The second kappa shape index (κ2) is 7.79. The fourth-order valence-corrected chi connectivity index (χ4v) is 2.68. The van der Waals surface area contributed by atoms with Gasteiger partial charge in [0.25, 0.3) is 5.91 Å². The van der Waals surface area contributed by atoms with Crippen molar-refractivity contribution < 1.29 is 19.1 Å². The first kappa shape index (κ1) is 17.6. The number of aromatic carboxylic acids is 1. The van der Waals surface area contributed by atoms with Crippen LogP contribution in [0.15, 0.2) is 74.7 Å². The second-order valence-electron chi connectivity index (χ2n) is 5.26. The number of nitrogens with zero attached hydrogens (tertiary/aromatic N) is 1. The summed E-state index contributed by atoms with van der Waals surface area (Å²) in [5, 5.41) is 12.8. The first-order valence-electron chi connectivity index (χ1n) is 7.56. The van der Waals surface area contributed by atoms with Gasteiger partial charge in [-0.3, -0.25) is 4.79 Å². The van der Waals surface area contributed by atoms with Crippen molar-refractivity contribution in [3.05, 3.63) is 82.0 Å². The van der Waals surface area contributed by atoms with E-state index >= 15 is 0 Å². The van der Waals surface area contributed by atoms with Gasteiger partial charge in [0, 0.05) is 10.0 Å². The molecule has 0 aliphatic carbocycles. The van der Waals surface area contributed by atoms with Gasteiger partial charge in [-0.2, -0.15) is 5.10 Å². The van der Waals surface area contributed by atoms with Crippen molar-refractivity contribution in [3.8, 4) is 11.3 Å². The summed E-state index contributed by atoms with van der Waals surface area (Å²) in [7, 11) is 0. The summed E-state index contributed by atoms with van der Waals surface area (Å²) >= 11 is 3.31. The molecule has 2 aromatic carbocycles. The predicted molar refractivity (Wildman–Crippen MR) is 100 cm³/mol. The number of benzene rings is 2. The largest absolute Gasteiger partial charge is 0.478 e. The lowest BCUT2D eigenvalue weighted by Crippen LogP contribution is -2.17. The van der Waals surface area contributed by atoms with Gasteiger partial charge in [0.1, 0.15) is 11.5 Å². The number of furan rings is 1. The van der Waals surface area contributed by atoms with Crippen molar-refractivity contribution in [2.45, 2.75) is 0 Å². The lowest BCUT2D eigenvalue weighted by Gasteiger charge is -2.01. The Morgan fingerprint density at radius 1 is 1.04 bits per heavy atom. The number of hydrogen-bond acceptors (Lipinski definition) is 4. The van der Waals surface area contributed by atoms with E-state index in [0.717, 1.165) is 5.56 Å². The van der Waals surface area contributed by atoms with Crippen LogP contribution in [-0.2, 0) is 0 Å². The molecule has 0 saturated heterocycles. The molecule has 0 saturated carbocycles. The van der Waals surface area contributed by atoms with E-state index < -0.39 is 5.97 Å². The molecule has 0 fully saturated rings. The maximum Gasteiger partial charge on any atom is 0.335 e. The molecule has 0 spiro atoms. The number of carboxylic acid groups (broad SMARTS) is 1. The molecule has 1 heterocycles. The Labute approximate surface area is 157 Å². The van der Waals surface area contributed by atoms with Crippen LogP contribution in [0.4, 0.5) is 0 Å². The number of carbonyl (C=O) groups excluding carboxylic acids is 1. The summed E-state index contributed by atoms with van der Waals surface area (Å²) in [4.78, 5) is 22.9. The average Bonchev–Trinajstić information content (AvgIpc) is 3.11. The van der Waals surface area contributed by atoms with E-state index in [1.54, 1.807) is 42.5 Å².